The van der Waals surface area contributed by atoms with Gasteiger partial charge >= 0.3 is 0 Å². The van der Waals surface area contributed by atoms with Crippen molar-refractivity contribution in [1.82, 2.24) is 4.90 Å². The SMILES string of the molecule is CCc1c(CN2C(=O)CCC2=O)ccc(-c2ccccc2)c1-c1ccccc1. The molecule has 0 atom stereocenters. The van der Waals surface area contributed by atoms with Gasteiger partial charge in [0.2, 0.25) is 11.8 Å². The third-order valence-corrected chi connectivity index (χ3v) is 5.39. The first-order valence-electron chi connectivity index (χ1n) is 9.78. The summed E-state index contributed by atoms with van der Waals surface area (Å²) in [5.74, 6) is -0.138. The number of nitrogens with zero attached hydrogens (tertiary/aromatic N) is 1. The van der Waals surface area contributed by atoms with Gasteiger partial charge in [-0.3, -0.25) is 14.5 Å². The van der Waals surface area contributed by atoms with E-state index in [0.29, 0.717) is 19.4 Å². The normalized spacial score (nSPS) is 14.0. The number of imide groups is 1. The molecule has 3 heteroatoms. The van der Waals surface area contributed by atoms with Crippen LogP contribution in [0.25, 0.3) is 22.3 Å². The molecule has 3 aromatic rings. The lowest BCUT2D eigenvalue weighted by Crippen LogP contribution is -2.28. The van der Waals surface area contributed by atoms with E-state index in [9.17, 15) is 9.59 Å². The van der Waals surface area contributed by atoms with Crippen molar-refractivity contribution in [1.29, 1.82) is 0 Å². The Kier molecular flexibility index (Phi) is 5.07. The number of hydrogen-bond donors (Lipinski definition) is 0. The minimum Gasteiger partial charge on any atom is -0.278 e. The Morgan fingerprint density at radius 1 is 0.750 bits per heavy atom. The summed E-state index contributed by atoms with van der Waals surface area (Å²) in [6.45, 7) is 2.49. The fourth-order valence-electron chi connectivity index (χ4n) is 4.01. The molecule has 0 N–H and O–H groups in total. The van der Waals surface area contributed by atoms with Crippen LogP contribution in [0.2, 0.25) is 0 Å². The summed E-state index contributed by atoms with van der Waals surface area (Å²) in [6.07, 6.45) is 1.48. The first kappa shape index (κ1) is 18.2. The summed E-state index contributed by atoms with van der Waals surface area (Å²) in [5.41, 5.74) is 6.91. The van der Waals surface area contributed by atoms with Gasteiger partial charge in [-0.05, 0) is 39.8 Å². The molecule has 1 fully saturated rings. The maximum Gasteiger partial charge on any atom is 0.229 e. The highest BCUT2D eigenvalue weighted by Gasteiger charge is 2.29. The van der Waals surface area contributed by atoms with Crippen LogP contribution in [0.3, 0.4) is 0 Å². The molecule has 1 aliphatic rings. The molecule has 1 heterocycles. The van der Waals surface area contributed by atoms with Gasteiger partial charge in [-0.15, -0.1) is 0 Å². The molecule has 140 valence electrons. The number of benzene rings is 3. The summed E-state index contributed by atoms with van der Waals surface area (Å²) < 4.78 is 0. The Balaban J connectivity index is 1.88. The van der Waals surface area contributed by atoms with Gasteiger partial charge in [-0.25, -0.2) is 0 Å². The lowest BCUT2D eigenvalue weighted by atomic mass is 9.86. The van der Waals surface area contributed by atoms with Crippen LogP contribution in [-0.4, -0.2) is 16.7 Å². The average molecular weight is 369 g/mol. The van der Waals surface area contributed by atoms with E-state index in [1.54, 1.807) is 0 Å². The van der Waals surface area contributed by atoms with E-state index in [4.69, 9.17) is 0 Å². The van der Waals surface area contributed by atoms with Crippen LogP contribution in [0.1, 0.15) is 30.9 Å². The number of hydrogen-bond acceptors (Lipinski definition) is 2. The predicted molar refractivity (Wildman–Crippen MR) is 111 cm³/mol. The van der Waals surface area contributed by atoms with Crippen LogP contribution < -0.4 is 0 Å². The molecular weight excluding hydrogens is 346 g/mol. The van der Waals surface area contributed by atoms with Crippen LogP contribution >= 0.6 is 0 Å². The lowest BCUT2D eigenvalue weighted by molar-refractivity contribution is -0.139. The molecule has 1 saturated heterocycles. The summed E-state index contributed by atoms with van der Waals surface area (Å²) in [4.78, 5) is 25.7. The highest BCUT2D eigenvalue weighted by molar-refractivity contribution is 6.02. The first-order chi connectivity index (χ1) is 13.7. The number of likely N-dealkylation sites (tertiary alicyclic amines) is 1. The highest BCUT2D eigenvalue weighted by Crippen LogP contribution is 2.37. The quantitative estimate of drug-likeness (QED) is 0.577. The molecule has 0 spiro atoms. The van der Waals surface area contributed by atoms with E-state index in [0.717, 1.165) is 23.1 Å². The zero-order valence-corrected chi connectivity index (χ0v) is 16.0. The maximum atomic E-state index is 12.1. The van der Waals surface area contributed by atoms with Gasteiger partial charge in [0.25, 0.3) is 0 Å². The van der Waals surface area contributed by atoms with E-state index >= 15 is 0 Å². The van der Waals surface area contributed by atoms with Gasteiger partial charge in [0.15, 0.2) is 0 Å². The van der Waals surface area contributed by atoms with E-state index in [2.05, 4.69) is 43.3 Å². The van der Waals surface area contributed by atoms with E-state index in [1.807, 2.05) is 36.4 Å². The third kappa shape index (κ3) is 3.36. The second-order valence-electron chi connectivity index (χ2n) is 7.09. The monoisotopic (exact) mass is 369 g/mol. The topological polar surface area (TPSA) is 37.4 Å². The van der Waals surface area contributed by atoms with Gasteiger partial charge in [0.05, 0.1) is 6.54 Å². The van der Waals surface area contributed by atoms with Crippen molar-refractivity contribution in [3.05, 3.63) is 83.9 Å². The molecule has 28 heavy (non-hydrogen) atoms. The predicted octanol–water partition coefficient (Wildman–Crippen LogP) is 5.23. The number of amides is 2. The van der Waals surface area contributed by atoms with Crippen molar-refractivity contribution in [2.75, 3.05) is 0 Å². The molecule has 0 aromatic heterocycles. The Morgan fingerprint density at radius 2 is 1.32 bits per heavy atom. The summed E-state index contributed by atoms with van der Waals surface area (Å²) in [6, 6.07) is 24.9. The van der Waals surface area contributed by atoms with Crippen molar-refractivity contribution in [3.8, 4) is 22.3 Å². The van der Waals surface area contributed by atoms with Crippen molar-refractivity contribution in [3.63, 3.8) is 0 Å². The molecule has 0 radical (unpaired) electrons. The van der Waals surface area contributed by atoms with Crippen molar-refractivity contribution in [2.45, 2.75) is 32.7 Å². The van der Waals surface area contributed by atoms with Gasteiger partial charge in [0, 0.05) is 12.8 Å². The van der Waals surface area contributed by atoms with E-state index < -0.39 is 0 Å². The Morgan fingerprint density at radius 3 is 1.89 bits per heavy atom. The second kappa shape index (κ2) is 7.81. The average Bonchev–Trinajstić information content (AvgIpc) is 3.06. The lowest BCUT2D eigenvalue weighted by Gasteiger charge is -2.22. The molecule has 0 unspecified atom stereocenters. The highest BCUT2D eigenvalue weighted by atomic mass is 16.2. The molecule has 3 aromatic carbocycles. The fourth-order valence-corrected chi connectivity index (χ4v) is 4.01. The van der Waals surface area contributed by atoms with Crippen molar-refractivity contribution < 1.29 is 9.59 Å². The summed E-state index contributed by atoms with van der Waals surface area (Å²) in [7, 11) is 0. The van der Waals surface area contributed by atoms with Crippen LogP contribution in [-0.2, 0) is 22.6 Å². The third-order valence-electron chi connectivity index (χ3n) is 5.39. The van der Waals surface area contributed by atoms with Crippen molar-refractivity contribution in [2.24, 2.45) is 0 Å². The van der Waals surface area contributed by atoms with Crippen LogP contribution in [0, 0.1) is 0 Å². The Hall–Kier alpha value is -3.20. The molecule has 2 amide bonds. The molecule has 0 saturated carbocycles. The van der Waals surface area contributed by atoms with Gasteiger partial charge in [-0.1, -0.05) is 79.7 Å². The minimum absolute atomic E-state index is 0.0690. The number of rotatable bonds is 5. The molecule has 1 aliphatic heterocycles. The summed E-state index contributed by atoms with van der Waals surface area (Å²) in [5, 5.41) is 0. The second-order valence-corrected chi connectivity index (χ2v) is 7.09. The zero-order chi connectivity index (χ0) is 19.5. The summed E-state index contributed by atoms with van der Waals surface area (Å²) >= 11 is 0. The Labute approximate surface area is 165 Å². The largest absolute Gasteiger partial charge is 0.278 e. The molecule has 0 bridgehead atoms. The van der Waals surface area contributed by atoms with Crippen LogP contribution in [0.5, 0.6) is 0 Å². The maximum absolute atomic E-state index is 12.1. The molecule has 0 aliphatic carbocycles. The number of carbonyl (C=O) groups is 2. The van der Waals surface area contributed by atoms with Gasteiger partial charge in [0.1, 0.15) is 0 Å². The zero-order valence-electron chi connectivity index (χ0n) is 16.0. The van der Waals surface area contributed by atoms with Crippen molar-refractivity contribution >= 4 is 11.8 Å². The smallest absolute Gasteiger partial charge is 0.229 e. The van der Waals surface area contributed by atoms with Gasteiger partial charge < -0.3 is 0 Å². The van der Waals surface area contributed by atoms with E-state index in [-0.39, 0.29) is 11.8 Å². The molecule has 4 rings (SSSR count). The van der Waals surface area contributed by atoms with Crippen LogP contribution in [0.4, 0.5) is 0 Å². The first-order valence-corrected chi connectivity index (χ1v) is 9.78. The Bertz CT molecular complexity index is 993. The minimum atomic E-state index is -0.0690. The molecule has 3 nitrogen and oxygen atoms in total. The van der Waals surface area contributed by atoms with Gasteiger partial charge in [-0.2, -0.15) is 0 Å². The standard InChI is InChI=1S/C25H23NO2/c1-2-21-20(17-26-23(27)15-16-24(26)28)13-14-22(18-9-5-3-6-10-18)25(21)19-11-7-4-8-12-19/h3-14H,2,15-17H2,1H3. The van der Waals surface area contributed by atoms with Crippen LogP contribution in [0.15, 0.2) is 72.8 Å². The van der Waals surface area contributed by atoms with E-state index in [1.165, 1.54) is 21.6 Å². The number of carbonyl (C=O) groups excluding carboxylic acids is 2. The fraction of sp³-hybridized carbons (Fsp3) is 0.200. The molecular formula is C25H23NO2.